The molecule has 1 N–H and O–H groups in total. The molecule has 1 aromatic carbocycles. The first-order valence-corrected chi connectivity index (χ1v) is 9.10. The van der Waals surface area contributed by atoms with Crippen LogP contribution in [0.25, 0.3) is 21.7 Å². The number of para-hydroxylation sites is 1. The molecule has 1 fully saturated rings. The van der Waals surface area contributed by atoms with Crippen LogP contribution >= 0.6 is 11.3 Å². The fourth-order valence-electron chi connectivity index (χ4n) is 3.05. The van der Waals surface area contributed by atoms with Crippen LogP contribution < -0.4 is 4.74 Å². The number of aromatic hydroxyl groups is 1. The molecule has 0 atom stereocenters. The maximum Gasteiger partial charge on any atom is 0.252 e. The minimum Gasteiger partial charge on any atom is -0.491 e. The molecular formula is C18H13FN4O3S. The lowest BCUT2D eigenvalue weighted by molar-refractivity contribution is -0.0487. The molecule has 0 spiro atoms. The van der Waals surface area contributed by atoms with E-state index in [0.717, 1.165) is 10.2 Å². The molecule has 0 unspecified atom stereocenters. The zero-order valence-corrected chi connectivity index (χ0v) is 14.7. The van der Waals surface area contributed by atoms with Crippen molar-refractivity contribution in [2.24, 2.45) is 0 Å². The lowest BCUT2D eigenvalue weighted by Gasteiger charge is -2.39. The quantitative estimate of drug-likeness (QED) is 0.571. The predicted octanol–water partition coefficient (Wildman–Crippen LogP) is 3.85. The zero-order chi connectivity index (χ0) is 18.4. The van der Waals surface area contributed by atoms with Crippen molar-refractivity contribution in [3.8, 4) is 23.2 Å². The van der Waals surface area contributed by atoms with E-state index in [4.69, 9.17) is 9.26 Å². The summed E-state index contributed by atoms with van der Waals surface area (Å²) < 4.78 is 26.7. The molecule has 1 aliphatic carbocycles. The minimum absolute atomic E-state index is 0.226. The Bertz CT molecular complexity index is 1070. The molecule has 5 rings (SSSR count). The summed E-state index contributed by atoms with van der Waals surface area (Å²) in [6, 6.07) is 8.98. The summed E-state index contributed by atoms with van der Waals surface area (Å²) in [5, 5.41) is 13.1. The number of fused-ring (bicyclic) bond motifs is 1. The molecule has 7 nitrogen and oxygen atoms in total. The summed E-state index contributed by atoms with van der Waals surface area (Å²) in [5.74, 6) is 0.378. The van der Waals surface area contributed by atoms with Crippen molar-refractivity contribution in [2.75, 3.05) is 0 Å². The van der Waals surface area contributed by atoms with Crippen molar-refractivity contribution in [3.05, 3.63) is 47.7 Å². The lowest BCUT2D eigenvalue weighted by atomic mass is 9.79. The molecular weight excluding hydrogens is 371 g/mol. The van der Waals surface area contributed by atoms with Crippen LogP contribution in [0.4, 0.5) is 4.39 Å². The van der Waals surface area contributed by atoms with Gasteiger partial charge in [-0.2, -0.15) is 0 Å². The molecule has 0 amide bonds. The molecule has 0 aliphatic heterocycles. The molecule has 136 valence electrons. The standard InChI is InChI=1S/C18H13FN4O3S/c19-18(17-22-11-3-1-2-4-14(11)27-17)6-10(7-18)25-16-9-20-12(8-21-16)13-5-15(24)23-26-13/h1-5,8-10H,6-7H2,(H,23,24)/t10-,18-. The van der Waals surface area contributed by atoms with E-state index in [0.29, 0.717) is 22.3 Å². The Labute approximate surface area is 156 Å². The van der Waals surface area contributed by atoms with Crippen LogP contribution in [0.2, 0.25) is 0 Å². The monoisotopic (exact) mass is 384 g/mol. The highest BCUT2D eigenvalue weighted by Crippen LogP contribution is 2.48. The second kappa shape index (κ2) is 5.98. The summed E-state index contributed by atoms with van der Waals surface area (Å²) in [4.78, 5) is 12.7. The Morgan fingerprint density at radius 2 is 2.07 bits per heavy atom. The van der Waals surface area contributed by atoms with Gasteiger partial charge < -0.3 is 14.4 Å². The Hall–Kier alpha value is -3.07. The van der Waals surface area contributed by atoms with Gasteiger partial charge >= 0.3 is 0 Å². The fourth-order valence-corrected chi connectivity index (χ4v) is 4.11. The second-order valence-corrected chi connectivity index (χ2v) is 7.42. The molecule has 4 aromatic rings. The molecule has 27 heavy (non-hydrogen) atoms. The van der Waals surface area contributed by atoms with E-state index in [9.17, 15) is 5.11 Å². The first kappa shape index (κ1) is 16.1. The van der Waals surface area contributed by atoms with Crippen LogP contribution in [-0.2, 0) is 5.67 Å². The van der Waals surface area contributed by atoms with Crippen molar-refractivity contribution in [3.63, 3.8) is 0 Å². The zero-order valence-electron chi connectivity index (χ0n) is 13.9. The van der Waals surface area contributed by atoms with Gasteiger partial charge in [0.25, 0.3) is 5.88 Å². The van der Waals surface area contributed by atoms with Crippen LogP contribution in [0.15, 0.2) is 47.2 Å². The SMILES string of the molecule is Oc1cc(-c2cnc(O[C@H]3C[C@@](F)(c4nc5ccccc5s4)C3)cn2)on1. The van der Waals surface area contributed by atoms with Crippen molar-refractivity contribution < 1.29 is 18.8 Å². The van der Waals surface area contributed by atoms with Crippen LogP contribution in [0.1, 0.15) is 17.8 Å². The summed E-state index contributed by atoms with van der Waals surface area (Å²) in [7, 11) is 0. The Morgan fingerprint density at radius 3 is 2.78 bits per heavy atom. The van der Waals surface area contributed by atoms with E-state index in [-0.39, 0.29) is 24.8 Å². The number of aromatic nitrogens is 4. The molecule has 9 heteroatoms. The maximum atomic E-state index is 15.1. The largest absolute Gasteiger partial charge is 0.491 e. The van der Waals surface area contributed by atoms with Gasteiger partial charge in [0, 0.05) is 12.8 Å². The number of hydrogen-bond acceptors (Lipinski definition) is 8. The van der Waals surface area contributed by atoms with Gasteiger partial charge in [-0.1, -0.05) is 12.1 Å². The molecule has 3 heterocycles. The molecule has 3 aromatic heterocycles. The molecule has 0 radical (unpaired) electrons. The first-order chi connectivity index (χ1) is 13.1. The normalized spacial score (nSPS) is 21.9. The van der Waals surface area contributed by atoms with E-state index < -0.39 is 5.67 Å². The highest BCUT2D eigenvalue weighted by atomic mass is 32.1. The maximum absolute atomic E-state index is 15.1. The minimum atomic E-state index is -1.46. The second-order valence-electron chi connectivity index (χ2n) is 6.39. The van der Waals surface area contributed by atoms with E-state index in [2.05, 4.69) is 20.1 Å². The number of nitrogens with zero attached hydrogens (tertiary/aromatic N) is 4. The third kappa shape index (κ3) is 2.89. The average molecular weight is 384 g/mol. The van der Waals surface area contributed by atoms with Crippen LogP contribution in [0.5, 0.6) is 11.8 Å². The first-order valence-electron chi connectivity index (χ1n) is 8.29. The Kier molecular flexibility index (Phi) is 3.57. The number of hydrogen-bond donors (Lipinski definition) is 1. The molecule has 1 saturated carbocycles. The van der Waals surface area contributed by atoms with Gasteiger partial charge in [-0.15, -0.1) is 11.3 Å². The van der Waals surface area contributed by atoms with Crippen molar-refractivity contribution in [1.82, 2.24) is 20.1 Å². The predicted molar refractivity (Wildman–Crippen MR) is 95.2 cm³/mol. The number of benzene rings is 1. The van der Waals surface area contributed by atoms with Gasteiger partial charge in [0.05, 0.1) is 28.7 Å². The van der Waals surface area contributed by atoms with Gasteiger partial charge in [-0.3, -0.25) is 0 Å². The summed E-state index contributed by atoms with van der Waals surface area (Å²) >= 11 is 1.38. The van der Waals surface area contributed by atoms with Crippen LogP contribution in [0.3, 0.4) is 0 Å². The van der Waals surface area contributed by atoms with E-state index in [1.807, 2.05) is 24.3 Å². The summed E-state index contributed by atoms with van der Waals surface area (Å²) in [6.45, 7) is 0. The van der Waals surface area contributed by atoms with E-state index in [1.54, 1.807) is 0 Å². The third-order valence-electron chi connectivity index (χ3n) is 4.45. The van der Waals surface area contributed by atoms with Crippen molar-refractivity contribution in [2.45, 2.75) is 24.6 Å². The number of thiazole rings is 1. The van der Waals surface area contributed by atoms with Crippen molar-refractivity contribution in [1.29, 1.82) is 0 Å². The summed E-state index contributed by atoms with van der Waals surface area (Å²) in [5.41, 5.74) is -0.226. The Morgan fingerprint density at radius 1 is 1.22 bits per heavy atom. The fraction of sp³-hybridized carbons (Fsp3) is 0.222. The number of rotatable bonds is 4. The number of ether oxygens (including phenoxy) is 1. The molecule has 0 saturated heterocycles. The molecule has 0 bridgehead atoms. The van der Waals surface area contributed by atoms with Crippen LogP contribution in [0, 0.1) is 0 Å². The highest BCUT2D eigenvalue weighted by Gasteiger charge is 2.50. The lowest BCUT2D eigenvalue weighted by Crippen LogP contribution is -2.44. The van der Waals surface area contributed by atoms with Gasteiger partial charge in [0.1, 0.15) is 16.8 Å². The van der Waals surface area contributed by atoms with Gasteiger partial charge in [0.15, 0.2) is 11.4 Å². The van der Waals surface area contributed by atoms with Crippen LogP contribution in [-0.4, -0.2) is 31.3 Å². The highest BCUT2D eigenvalue weighted by molar-refractivity contribution is 7.18. The topological polar surface area (TPSA) is 94.2 Å². The van der Waals surface area contributed by atoms with E-state index in [1.165, 1.54) is 29.8 Å². The van der Waals surface area contributed by atoms with E-state index >= 15 is 4.39 Å². The van der Waals surface area contributed by atoms with Gasteiger partial charge in [0.2, 0.25) is 5.88 Å². The smallest absolute Gasteiger partial charge is 0.252 e. The van der Waals surface area contributed by atoms with Crippen molar-refractivity contribution >= 4 is 21.6 Å². The summed E-state index contributed by atoms with van der Waals surface area (Å²) in [6.07, 6.45) is 3.06. The number of alkyl halides is 1. The number of halogens is 1. The average Bonchev–Trinajstić information content (AvgIpc) is 3.27. The van der Waals surface area contributed by atoms with Gasteiger partial charge in [-0.25, -0.2) is 19.3 Å². The van der Waals surface area contributed by atoms with Gasteiger partial charge in [-0.05, 0) is 17.3 Å². The Balaban J connectivity index is 1.25. The molecule has 1 aliphatic rings. The third-order valence-corrected chi connectivity index (χ3v) is 5.66.